The summed E-state index contributed by atoms with van der Waals surface area (Å²) in [4.78, 5) is 23.9. The molecule has 0 radical (unpaired) electrons. The van der Waals surface area contributed by atoms with Gasteiger partial charge in [-0.05, 0) is 18.2 Å². The van der Waals surface area contributed by atoms with E-state index in [2.05, 4.69) is 10.5 Å². The minimum atomic E-state index is -0.574. The van der Waals surface area contributed by atoms with E-state index in [1.54, 1.807) is 30.3 Å². The first-order chi connectivity index (χ1) is 13.2. The molecule has 1 aromatic heterocycles. The van der Waals surface area contributed by atoms with Crippen LogP contribution in [0.25, 0.3) is 11.3 Å². The molecule has 7 heteroatoms. The molecule has 0 spiro atoms. The molecule has 0 aliphatic carbocycles. The Balaban J connectivity index is 1.47. The summed E-state index contributed by atoms with van der Waals surface area (Å²) >= 11 is 0. The molecule has 0 fully saturated rings. The van der Waals surface area contributed by atoms with E-state index in [1.165, 1.54) is 7.11 Å². The summed E-state index contributed by atoms with van der Waals surface area (Å²) in [6, 6.07) is 17.8. The highest BCUT2D eigenvalue weighted by Crippen LogP contribution is 2.20. The highest BCUT2D eigenvalue weighted by molar-refractivity contribution is 5.96. The Kier molecular flexibility index (Phi) is 5.84. The number of hydrogen-bond donors (Lipinski definition) is 1. The van der Waals surface area contributed by atoms with Crippen LogP contribution < -0.4 is 10.1 Å². The Morgan fingerprint density at radius 3 is 2.67 bits per heavy atom. The first-order valence-corrected chi connectivity index (χ1v) is 8.24. The zero-order valence-corrected chi connectivity index (χ0v) is 14.7. The lowest BCUT2D eigenvalue weighted by molar-refractivity contribution is -0.143. The number of methoxy groups -OCH3 is 1. The molecule has 27 heavy (non-hydrogen) atoms. The molecule has 0 unspecified atom stereocenters. The molecule has 0 saturated carbocycles. The molecule has 0 aliphatic heterocycles. The largest absolute Gasteiger partial charge is 0.497 e. The van der Waals surface area contributed by atoms with Gasteiger partial charge in [-0.1, -0.05) is 41.6 Å². The fraction of sp³-hybridized carbons (Fsp3) is 0.150. The number of esters is 1. The van der Waals surface area contributed by atoms with Crippen LogP contribution in [0.1, 0.15) is 16.1 Å². The maximum atomic E-state index is 12.0. The van der Waals surface area contributed by atoms with Crippen LogP contribution in [0.4, 0.5) is 0 Å². The molecule has 0 aliphatic rings. The van der Waals surface area contributed by atoms with Gasteiger partial charge in [0.15, 0.2) is 5.76 Å². The van der Waals surface area contributed by atoms with Crippen molar-refractivity contribution in [2.45, 2.75) is 6.61 Å². The Morgan fingerprint density at radius 2 is 1.89 bits per heavy atom. The van der Waals surface area contributed by atoms with Crippen molar-refractivity contribution in [1.29, 1.82) is 0 Å². The summed E-state index contributed by atoms with van der Waals surface area (Å²) in [6.07, 6.45) is 0. The van der Waals surface area contributed by atoms with Crippen LogP contribution in [-0.4, -0.2) is 30.7 Å². The van der Waals surface area contributed by atoms with Gasteiger partial charge in [-0.15, -0.1) is 0 Å². The van der Waals surface area contributed by atoms with Gasteiger partial charge in [-0.3, -0.25) is 9.59 Å². The van der Waals surface area contributed by atoms with E-state index in [0.717, 1.165) is 5.56 Å². The Morgan fingerprint density at radius 1 is 1.07 bits per heavy atom. The molecule has 3 rings (SSSR count). The standard InChI is InChI=1S/C20H18N2O5/c1-25-17-9-5-8-15(10-17)20(24)21-12-19(23)26-13-16-11-18(27-22-16)14-6-3-2-4-7-14/h2-11H,12-13H2,1H3,(H,21,24). The summed E-state index contributed by atoms with van der Waals surface area (Å²) in [5.41, 5.74) is 1.76. The quantitative estimate of drug-likeness (QED) is 0.647. The lowest BCUT2D eigenvalue weighted by atomic mass is 10.2. The number of nitrogens with zero attached hydrogens (tertiary/aromatic N) is 1. The van der Waals surface area contributed by atoms with Crippen molar-refractivity contribution in [2.24, 2.45) is 0 Å². The maximum absolute atomic E-state index is 12.0. The van der Waals surface area contributed by atoms with Gasteiger partial charge in [0.05, 0.1) is 7.11 Å². The Labute approximate surface area is 155 Å². The van der Waals surface area contributed by atoms with Crippen molar-refractivity contribution in [3.8, 4) is 17.1 Å². The molecular formula is C20H18N2O5. The van der Waals surface area contributed by atoms with E-state index in [1.807, 2.05) is 30.3 Å². The average Bonchev–Trinajstić information content (AvgIpc) is 3.20. The zero-order chi connectivity index (χ0) is 19.1. The van der Waals surface area contributed by atoms with Crippen molar-refractivity contribution in [1.82, 2.24) is 10.5 Å². The van der Waals surface area contributed by atoms with Gasteiger partial charge in [0, 0.05) is 17.2 Å². The summed E-state index contributed by atoms with van der Waals surface area (Å²) < 4.78 is 15.4. The number of ether oxygens (including phenoxy) is 2. The van der Waals surface area contributed by atoms with Crippen molar-refractivity contribution in [3.63, 3.8) is 0 Å². The third kappa shape index (κ3) is 4.94. The van der Waals surface area contributed by atoms with Crippen LogP contribution in [0, 0.1) is 0 Å². The van der Waals surface area contributed by atoms with Crippen molar-refractivity contribution >= 4 is 11.9 Å². The van der Waals surface area contributed by atoms with Crippen molar-refractivity contribution in [3.05, 3.63) is 71.9 Å². The summed E-state index contributed by atoms with van der Waals surface area (Å²) in [5.74, 6) is 0.188. The van der Waals surface area contributed by atoms with Crippen LogP contribution in [0.15, 0.2) is 65.2 Å². The minimum absolute atomic E-state index is 0.0375. The second-order valence-corrected chi connectivity index (χ2v) is 5.62. The van der Waals surface area contributed by atoms with Crippen molar-refractivity contribution in [2.75, 3.05) is 13.7 Å². The lowest BCUT2D eigenvalue weighted by Crippen LogP contribution is -2.30. The number of carbonyl (C=O) groups is 2. The molecule has 1 amide bonds. The SMILES string of the molecule is COc1cccc(C(=O)NCC(=O)OCc2cc(-c3ccccc3)on2)c1. The molecule has 7 nitrogen and oxygen atoms in total. The molecule has 0 saturated heterocycles. The highest BCUT2D eigenvalue weighted by atomic mass is 16.5. The first kappa shape index (κ1) is 18.2. The van der Waals surface area contributed by atoms with Crippen LogP contribution in [0.5, 0.6) is 5.75 Å². The van der Waals surface area contributed by atoms with E-state index in [0.29, 0.717) is 22.8 Å². The van der Waals surface area contributed by atoms with E-state index in [-0.39, 0.29) is 13.2 Å². The lowest BCUT2D eigenvalue weighted by Gasteiger charge is -2.06. The number of amides is 1. The number of benzene rings is 2. The second kappa shape index (κ2) is 8.66. The molecule has 0 atom stereocenters. The second-order valence-electron chi connectivity index (χ2n) is 5.62. The van der Waals surface area contributed by atoms with Gasteiger partial charge < -0.3 is 19.3 Å². The van der Waals surface area contributed by atoms with Gasteiger partial charge in [0.1, 0.15) is 24.6 Å². The molecular weight excluding hydrogens is 348 g/mol. The first-order valence-electron chi connectivity index (χ1n) is 8.24. The minimum Gasteiger partial charge on any atom is -0.497 e. The number of carbonyl (C=O) groups excluding carboxylic acids is 2. The normalized spacial score (nSPS) is 10.3. The zero-order valence-electron chi connectivity index (χ0n) is 14.7. The number of nitrogens with one attached hydrogen (secondary N) is 1. The predicted molar refractivity (Wildman–Crippen MR) is 97.1 cm³/mol. The topological polar surface area (TPSA) is 90.7 Å². The monoisotopic (exact) mass is 366 g/mol. The summed E-state index contributed by atoms with van der Waals surface area (Å²) in [5, 5.41) is 6.38. The number of rotatable bonds is 7. The highest BCUT2D eigenvalue weighted by Gasteiger charge is 2.12. The molecule has 1 heterocycles. The fourth-order valence-corrected chi connectivity index (χ4v) is 2.34. The predicted octanol–water partition coefficient (Wildman–Crippen LogP) is 2.82. The summed E-state index contributed by atoms with van der Waals surface area (Å²) in [6.45, 7) is -0.288. The summed E-state index contributed by atoms with van der Waals surface area (Å²) in [7, 11) is 1.52. The van der Waals surface area contributed by atoms with Gasteiger partial charge in [-0.2, -0.15) is 0 Å². The Bertz CT molecular complexity index is 921. The molecule has 138 valence electrons. The molecule has 3 aromatic rings. The van der Waals surface area contributed by atoms with E-state index in [9.17, 15) is 9.59 Å². The molecule has 0 bridgehead atoms. The number of hydrogen-bond acceptors (Lipinski definition) is 6. The smallest absolute Gasteiger partial charge is 0.325 e. The Hall–Kier alpha value is -3.61. The molecule has 1 N–H and O–H groups in total. The third-order valence-corrected chi connectivity index (χ3v) is 3.72. The average molecular weight is 366 g/mol. The van der Waals surface area contributed by atoms with Crippen molar-refractivity contribution < 1.29 is 23.6 Å². The van der Waals surface area contributed by atoms with E-state index < -0.39 is 11.9 Å². The molecule has 2 aromatic carbocycles. The third-order valence-electron chi connectivity index (χ3n) is 3.72. The van der Waals surface area contributed by atoms with E-state index >= 15 is 0 Å². The maximum Gasteiger partial charge on any atom is 0.325 e. The van der Waals surface area contributed by atoms with Gasteiger partial charge in [0.2, 0.25) is 0 Å². The van der Waals surface area contributed by atoms with Gasteiger partial charge in [0.25, 0.3) is 5.91 Å². The van der Waals surface area contributed by atoms with E-state index in [4.69, 9.17) is 14.0 Å². The van der Waals surface area contributed by atoms with Gasteiger partial charge in [-0.25, -0.2) is 0 Å². The fourth-order valence-electron chi connectivity index (χ4n) is 2.34. The van der Waals surface area contributed by atoms with Crippen LogP contribution in [-0.2, 0) is 16.1 Å². The van der Waals surface area contributed by atoms with Crippen LogP contribution in [0.3, 0.4) is 0 Å². The number of aromatic nitrogens is 1. The van der Waals surface area contributed by atoms with Gasteiger partial charge >= 0.3 is 5.97 Å². The van der Waals surface area contributed by atoms with Crippen LogP contribution >= 0.6 is 0 Å². The van der Waals surface area contributed by atoms with Crippen LogP contribution in [0.2, 0.25) is 0 Å².